The third-order valence-corrected chi connectivity index (χ3v) is 5.19. The van der Waals surface area contributed by atoms with Crippen molar-refractivity contribution >= 4 is 17.9 Å². The molecule has 0 aliphatic heterocycles. The van der Waals surface area contributed by atoms with Gasteiger partial charge in [-0.25, -0.2) is 4.79 Å². The molecular formula is C26H43N3O4. The molecule has 2 N–H and O–H groups in total. The summed E-state index contributed by atoms with van der Waals surface area (Å²) in [7, 11) is 0. The maximum absolute atomic E-state index is 13.9. The van der Waals surface area contributed by atoms with Crippen molar-refractivity contribution in [3.05, 3.63) is 34.9 Å². The van der Waals surface area contributed by atoms with Crippen molar-refractivity contribution in [2.24, 2.45) is 5.92 Å². The fourth-order valence-electron chi connectivity index (χ4n) is 3.81. The highest BCUT2D eigenvalue weighted by atomic mass is 16.6. The first-order valence-corrected chi connectivity index (χ1v) is 11.7. The maximum atomic E-state index is 13.9. The molecule has 0 aliphatic rings. The Labute approximate surface area is 199 Å². The quantitative estimate of drug-likeness (QED) is 0.590. The minimum Gasteiger partial charge on any atom is -0.444 e. The van der Waals surface area contributed by atoms with E-state index in [4.69, 9.17) is 4.74 Å². The maximum Gasteiger partial charge on any atom is 0.408 e. The van der Waals surface area contributed by atoms with E-state index in [0.29, 0.717) is 0 Å². The van der Waals surface area contributed by atoms with Gasteiger partial charge in [0.25, 0.3) is 0 Å². The van der Waals surface area contributed by atoms with Gasteiger partial charge in [0.2, 0.25) is 11.8 Å². The SMILES string of the molecule is Cc1cccc(C)c1C(C(=O)NC(C)C)N(C(=O)C(NC(=O)OC(C)(C)C)C(C)C)C(C)C. The lowest BCUT2D eigenvalue weighted by molar-refractivity contribution is -0.145. The van der Waals surface area contributed by atoms with Crippen LogP contribution >= 0.6 is 0 Å². The van der Waals surface area contributed by atoms with Crippen LogP contribution in [0.15, 0.2) is 18.2 Å². The number of nitrogens with one attached hydrogen (secondary N) is 2. The monoisotopic (exact) mass is 461 g/mol. The largest absolute Gasteiger partial charge is 0.444 e. The summed E-state index contributed by atoms with van der Waals surface area (Å²) in [6.07, 6.45) is -0.659. The average molecular weight is 462 g/mol. The van der Waals surface area contributed by atoms with Crippen molar-refractivity contribution in [3.63, 3.8) is 0 Å². The minimum atomic E-state index is -0.846. The number of hydrogen-bond donors (Lipinski definition) is 2. The number of aryl methyl sites for hydroxylation is 2. The van der Waals surface area contributed by atoms with E-state index < -0.39 is 23.8 Å². The van der Waals surface area contributed by atoms with Gasteiger partial charge in [-0.1, -0.05) is 32.0 Å². The number of amides is 3. The van der Waals surface area contributed by atoms with Crippen molar-refractivity contribution in [3.8, 4) is 0 Å². The number of benzene rings is 1. The number of nitrogens with zero attached hydrogens (tertiary/aromatic N) is 1. The van der Waals surface area contributed by atoms with E-state index in [9.17, 15) is 14.4 Å². The predicted molar refractivity (Wildman–Crippen MR) is 132 cm³/mol. The lowest BCUT2D eigenvalue weighted by Gasteiger charge is -2.39. The molecule has 0 saturated heterocycles. The first-order valence-electron chi connectivity index (χ1n) is 11.7. The van der Waals surface area contributed by atoms with Crippen molar-refractivity contribution in [2.45, 2.75) is 106 Å². The van der Waals surface area contributed by atoms with Gasteiger partial charge in [-0.15, -0.1) is 0 Å². The Bertz CT molecular complexity index is 820. The Morgan fingerprint density at radius 2 is 1.42 bits per heavy atom. The number of carbonyl (C=O) groups is 3. The normalized spacial score (nSPS) is 13.6. The number of carbonyl (C=O) groups excluding carboxylic acids is 3. The Hall–Kier alpha value is -2.57. The molecule has 1 rings (SSSR count). The van der Waals surface area contributed by atoms with Gasteiger partial charge < -0.3 is 20.3 Å². The van der Waals surface area contributed by atoms with Crippen LogP contribution < -0.4 is 10.6 Å². The summed E-state index contributed by atoms with van der Waals surface area (Å²) < 4.78 is 5.39. The number of ether oxygens (including phenoxy) is 1. The van der Waals surface area contributed by atoms with Crippen LogP contribution in [-0.2, 0) is 14.3 Å². The number of hydrogen-bond acceptors (Lipinski definition) is 4. The summed E-state index contributed by atoms with van der Waals surface area (Å²) in [4.78, 5) is 41.5. The van der Waals surface area contributed by atoms with Gasteiger partial charge in [-0.3, -0.25) is 9.59 Å². The van der Waals surface area contributed by atoms with Gasteiger partial charge in [0, 0.05) is 12.1 Å². The lowest BCUT2D eigenvalue weighted by Crippen LogP contribution is -2.57. The fourth-order valence-corrected chi connectivity index (χ4v) is 3.81. The number of alkyl carbamates (subject to hydrolysis) is 1. The van der Waals surface area contributed by atoms with Crippen LogP contribution in [0.2, 0.25) is 0 Å². The highest BCUT2D eigenvalue weighted by molar-refractivity contribution is 5.93. The Kier molecular flexibility index (Phi) is 9.94. The molecule has 0 fully saturated rings. The molecule has 2 unspecified atom stereocenters. The second-order valence-electron chi connectivity index (χ2n) is 10.6. The van der Waals surface area contributed by atoms with Gasteiger partial charge >= 0.3 is 6.09 Å². The summed E-state index contributed by atoms with van der Waals surface area (Å²) in [5.74, 6) is -0.778. The molecule has 33 heavy (non-hydrogen) atoms. The van der Waals surface area contributed by atoms with Crippen LogP contribution in [0.3, 0.4) is 0 Å². The molecule has 0 bridgehead atoms. The molecule has 0 aliphatic carbocycles. The van der Waals surface area contributed by atoms with Crippen LogP contribution in [0.4, 0.5) is 4.79 Å². The van der Waals surface area contributed by atoms with Crippen LogP contribution in [0.1, 0.15) is 85.0 Å². The average Bonchev–Trinajstić information content (AvgIpc) is 2.62. The third-order valence-electron chi connectivity index (χ3n) is 5.19. The van der Waals surface area contributed by atoms with Crippen LogP contribution in [-0.4, -0.2) is 46.5 Å². The summed E-state index contributed by atoms with van der Waals surface area (Å²) in [6.45, 7) is 20.5. The van der Waals surface area contributed by atoms with E-state index >= 15 is 0 Å². The van der Waals surface area contributed by atoms with Crippen LogP contribution in [0, 0.1) is 19.8 Å². The van der Waals surface area contributed by atoms with E-state index in [1.807, 2.05) is 73.6 Å². The van der Waals surface area contributed by atoms with Crippen molar-refractivity contribution in [2.75, 3.05) is 0 Å². The zero-order valence-corrected chi connectivity index (χ0v) is 22.2. The minimum absolute atomic E-state index is 0.0887. The molecule has 0 saturated carbocycles. The molecule has 1 aromatic rings. The summed E-state index contributed by atoms with van der Waals surface area (Å²) >= 11 is 0. The predicted octanol–water partition coefficient (Wildman–Crippen LogP) is 4.66. The molecule has 0 heterocycles. The van der Waals surface area contributed by atoms with E-state index in [1.165, 1.54) is 0 Å². The summed E-state index contributed by atoms with van der Waals surface area (Å²) in [5.41, 5.74) is 1.97. The Morgan fingerprint density at radius 3 is 1.82 bits per heavy atom. The van der Waals surface area contributed by atoms with E-state index in [2.05, 4.69) is 10.6 Å². The fraction of sp³-hybridized carbons (Fsp3) is 0.654. The smallest absolute Gasteiger partial charge is 0.408 e. The first kappa shape index (κ1) is 28.5. The molecule has 2 atom stereocenters. The van der Waals surface area contributed by atoms with Crippen LogP contribution in [0.25, 0.3) is 0 Å². The number of rotatable bonds is 8. The lowest BCUT2D eigenvalue weighted by atomic mass is 9.91. The topological polar surface area (TPSA) is 87.7 Å². The molecule has 0 spiro atoms. The molecule has 186 valence electrons. The van der Waals surface area contributed by atoms with E-state index in [-0.39, 0.29) is 29.8 Å². The van der Waals surface area contributed by atoms with E-state index in [0.717, 1.165) is 16.7 Å². The van der Waals surface area contributed by atoms with E-state index in [1.54, 1.807) is 25.7 Å². The van der Waals surface area contributed by atoms with Crippen molar-refractivity contribution in [1.82, 2.24) is 15.5 Å². The van der Waals surface area contributed by atoms with Crippen molar-refractivity contribution < 1.29 is 19.1 Å². The molecule has 0 radical (unpaired) electrons. The Morgan fingerprint density at radius 1 is 0.909 bits per heavy atom. The molecule has 0 aromatic heterocycles. The zero-order valence-electron chi connectivity index (χ0n) is 22.2. The first-order chi connectivity index (χ1) is 15.1. The second-order valence-corrected chi connectivity index (χ2v) is 10.6. The summed E-state index contributed by atoms with van der Waals surface area (Å²) in [5, 5.41) is 5.72. The molecule has 3 amide bonds. The van der Waals surface area contributed by atoms with Gasteiger partial charge in [0.05, 0.1) is 0 Å². The third kappa shape index (κ3) is 8.06. The van der Waals surface area contributed by atoms with Gasteiger partial charge in [0.1, 0.15) is 17.7 Å². The second kappa shape index (κ2) is 11.5. The van der Waals surface area contributed by atoms with Gasteiger partial charge in [0.15, 0.2) is 0 Å². The van der Waals surface area contributed by atoms with Gasteiger partial charge in [-0.2, -0.15) is 0 Å². The van der Waals surface area contributed by atoms with Gasteiger partial charge in [-0.05, 0) is 84.9 Å². The highest BCUT2D eigenvalue weighted by Gasteiger charge is 2.40. The molecular weight excluding hydrogens is 418 g/mol. The summed E-state index contributed by atoms with van der Waals surface area (Å²) in [6, 6.07) is 3.77. The van der Waals surface area contributed by atoms with Crippen molar-refractivity contribution in [1.29, 1.82) is 0 Å². The zero-order chi connectivity index (χ0) is 25.7. The standard InChI is InChI=1S/C26H43N3O4/c1-15(2)21(28-25(32)33-26(9,10)11)24(31)29(17(5)6)22(23(30)27-16(3)4)20-18(7)13-12-14-19(20)8/h12-17,21-22H,1-11H3,(H,27,30)(H,28,32). The van der Waals surface area contributed by atoms with Crippen LogP contribution in [0.5, 0.6) is 0 Å². The Balaban J connectivity index is 3.54. The highest BCUT2D eigenvalue weighted by Crippen LogP contribution is 2.31. The molecule has 1 aromatic carbocycles. The molecule has 7 nitrogen and oxygen atoms in total. The molecule has 7 heteroatoms.